The van der Waals surface area contributed by atoms with E-state index in [4.69, 9.17) is 10.5 Å². The minimum absolute atomic E-state index is 0.256. The standard InChI is InChI=1S/C11H21N3O2/c1-5-16-7-11(4)9(12)13-10(15)14(11)6-8(2)3/h8H,5-7H2,1-4H3,(H2,12,13,15). The summed E-state index contributed by atoms with van der Waals surface area (Å²) in [6.07, 6.45) is 0. The molecule has 92 valence electrons. The van der Waals surface area contributed by atoms with Crippen LogP contribution in [-0.4, -0.2) is 42.1 Å². The molecule has 0 saturated carbocycles. The van der Waals surface area contributed by atoms with E-state index in [1.807, 2.05) is 13.8 Å². The van der Waals surface area contributed by atoms with E-state index in [1.54, 1.807) is 4.90 Å². The Labute approximate surface area is 96.7 Å². The van der Waals surface area contributed by atoms with Gasteiger partial charge in [-0.2, -0.15) is 4.99 Å². The lowest BCUT2D eigenvalue weighted by Gasteiger charge is -2.35. The second-order valence-corrected chi connectivity index (χ2v) is 4.70. The highest BCUT2D eigenvalue weighted by atomic mass is 16.5. The van der Waals surface area contributed by atoms with Gasteiger partial charge in [-0.05, 0) is 19.8 Å². The molecule has 0 aromatic carbocycles. The number of rotatable bonds is 5. The summed E-state index contributed by atoms with van der Waals surface area (Å²) in [7, 11) is 0. The highest BCUT2D eigenvalue weighted by molar-refractivity contribution is 6.05. The first-order valence-corrected chi connectivity index (χ1v) is 5.65. The summed E-state index contributed by atoms with van der Waals surface area (Å²) in [4.78, 5) is 17.2. The van der Waals surface area contributed by atoms with Crippen molar-refractivity contribution in [1.29, 1.82) is 0 Å². The number of nitrogens with zero attached hydrogens (tertiary/aromatic N) is 2. The van der Waals surface area contributed by atoms with Gasteiger partial charge in [0.2, 0.25) is 0 Å². The average molecular weight is 227 g/mol. The molecule has 1 unspecified atom stereocenters. The van der Waals surface area contributed by atoms with Crippen LogP contribution in [0.5, 0.6) is 0 Å². The molecule has 5 nitrogen and oxygen atoms in total. The summed E-state index contributed by atoms with van der Waals surface area (Å²) in [6, 6.07) is -0.256. The van der Waals surface area contributed by atoms with E-state index in [0.717, 1.165) is 0 Å². The number of hydrogen-bond acceptors (Lipinski definition) is 3. The number of amidine groups is 1. The highest BCUT2D eigenvalue weighted by Gasteiger charge is 2.44. The van der Waals surface area contributed by atoms with Crippen molar-refractivity contribution in [2.45, 2.75) is 33.2 Å². The first-order valence-electron chi connectivity index (χ1n) is 5.65. The van der Waals surface area contributed by atoms with E-state index in [0.29, 0.717) is 31.5 Å². The Kier molecular flexibility index (Phi) is 3.91. The van der Waals surface area contributed by atoms with Gasteiger partial charge in [0.15, 0.2) is 0 Å². The lowest BCUT2D eigenvalue weighted by atomic mass is 10.00. The van der Waals surface area contributed by atoms with Gasteiger partial charge >= 0.3 is 6.03 Å². The third kappa shape index (κ3) is 2.35. The van der Waals surface area contributed by atoms with Crippen molar-refractivity contribution >= 4 is 11.9 Å². The summed E-state index contributed by atoms with van der Waals surface area (Å²) in [5.41, 5.74) is 5.23. The Morgan fingerprint density at radius 2 is 2.19 bits per heavy atom. The number of nitrogens with two attached hydrogens (primary N) is 1. The van der Waals surface area contributed by atoms with Crippen LogP contribution >= 0.6 is 0 Å². The Bertz CT molecular complexity index is 302. The van der Waals surface area contributed by atoms with Crippen LogP contribution in [0.2, 0.25) is 0 Å². The van der Waals surface area contributed by atoms with Crippen molar-refractivity contribution in [2.75, 3.05) is 19.8 Å². The van der Waals surface area contributed by atoms with Crippen LogP contribution in [0.15, 0.2) is 4.99 Å². The predicted molar refractivity (Wildman–Crippen MR) is 63.5 cm³/mol. The maximum Gasteiger partial charge on any atom is 0.346 e. The molecule has 2 N–H and O–H groups in total. The van der Waals surface area contributed by atoms with Crippen LogP contribution < -0.4 is 5.73 Å². The normalized spacial score (nSPS) is 25.4. The van der Waals surface area contributed by atoms with E-state index in [2.05, 4.69) is 18.8 Å². The molecule has 0 aromatic heterocycles. The van der Waals surface area contributed by atoms with E-state index < -0.39 is 5.54 Å². The van der Waals surface area contributed by atoms with E-state index in [1.165, 1.54) is 0 Å². The zero-order valence-electron chi connectivity index (χ0n) is 10.5. The second kappa shape index (κ2) is 4.82. The van der Waals surface area contributed by atoms with Crippen LogP contribution in [0.3, 0.4) is 0 Å². The third-order valence-corrected chi connectivity index (χ3v) is 2.73. The first-order chi connectivity index (χ1) is 7.41. The summed E-state index contributed by atoms with van der Waals surface area (Å²) < 4.78 is 5.40. The molecule has 1 aliphatic rings. The second-order valence-electron chi connectivity index (χ2n) is 4.70. The quantitative estimate of drug-likeness (QED) is 0.768. The molecule has 0 bridgehead atoms. The maximum atomic E-state index is 11.7. The predicted octanol–water partition coefficient (Wildman–Crippen LogP) is 1.23. The van der Waals surface area contributed by atoms with Crippen molar-refractivity contribution in [1.82, 2.24) is 4.90 Å². The maximum absolute atomic E-state index is 11.7. The average Bonchev–Trinajstić information content (AvgIpc) is 2.39. The molecule has 0 spiro atoms. The topological polar surface area (TPSA) is 67.9 Å². The molecule has 1 atom stereocenters. The van der Waals surface area contributed by atoms with E-state index in [9.17, 15) is 4.79 Å². The van der Waals surface area contributed by atoms with Crippen LogP contribution in [0.4, 0.5) is 4.79 Å². The van der Waals surface area contributed by atoms with Gasteiger partial charge in [0.05, 0.1) is 6.61 Å². The fraction of sp³-hybridized carbons (Fsp3) is 0.818. The molecule has 0 radical (unpaired) electrons. The monoisotopic (exact) mass is 227 g/mol. The molecule has 1 rings (SSSR count). The smallest absolute Gasteiger partial charge is 0.346 e. The van der Waals surface area contributed by atoms with E-state index >= 15 is 0 Å². The molecule has 0 aromatic rings. The number of amides is 2. The van der Waals surface area contributed by atoms with Crippen LogP contribution in [0, 0.1) is 5.92 Å². The molecule has 0 fully saturated rings. The lowest BCUT2D eigenvalue weighted by Crippen LogP contribution is -2.56. The lowest BCUT2D eigenvalue weighted by molar-refractivity contribution is 0.0632. The number of hydrogen-bond donors (Lipinski definition) is 1. The number of aliphatic imine (C=N–C) groups is 1. The van der Waals surface area contributed by atoms with Gasteiger partial charge < -0.3 is 15.4 Å². The summed E-state index contributed by atoms with van der Waals surface area (Å²) in [5.74, 6) is 0.734. The number of urea groups is 1. The van der Waals surface area contributed by atoms with Gasteiger partial charge in [0, 0.05) is 13.2 Å². The molecular weight excluding hydrogens is 206 g/mol. The Balaban J connectivity index is 2.84. The molecule has 0 saturated heterocycles. The molecule has 0 aliphatic carbocycles. The van der Waals surface area contributed by atoms with Crippen molar-refractivity contribution in [3.63, 3.8) is 0 Å². The van der Waals surface area contributed by atoms with Crippen LogP contribution in [-0.2, 0) is 4.74 Å². The van der Waals surface area contributed by atoms with Gasteiger partial charge in [0.25, 0.3) is 0 Å². The number of ether oxygens (including phenoxy) is 1. The van der Waals surface area contributed by atoms with Crippen molar-refractivity contribution in [3.05, 3.63) is 0 Å². The number of carbonyl (C=O) groups is 1. The Morgan fingerprint density at radius 3 is 2.69 bits per heavy atom. The fourth-order valence-electron chi connectivity index (χ4n) is 1.73. The van der Waals surface area contributed by atoms with Gasteiger partial charge in [-0.3, -0.25) is 0 Å². The van der Waals surface area contributed by atoms with E-state index in [-0.39, 0.29) is 6.03 Å². The van der Waals surface area contributed by atoms with Crippen LogP contribution in [0.1, 0.15) is 27.7 Å². The van der Waals surface area contributed by atoms with Crippen molar-refractivity contribution in [2.24, 2.45) is 16.6 Å². The van der Waals surface area contributed by atoms with Gasteiger partial charge in [0.1, 0.15) is 11.4 Å². The minimum Gasteiger partial charge on any atom is -0.385 e. The first kappa shape index (κ1) is 13.0. The minimum atomic E-state index is -0.586. The summed E-state index contributed by atoms with van der Waals surface area (Å²) in [6.45, 7) is 9.58. The van der Waals surface area contributed by atoms with Crippen molar-refractivity contribution < 1.29 is 9.53 Å². The Hall–Kier alpha value is -1.10. The Morgan fingerprint density at radius 1 is 1.56 bits per heavy atom. The summed E-state index contributed by atoms with van der Waals surface area (Å²) in [5, 5.41) is 0. The largest absolute Gasteiger partial charge is 0.385 e. The molecular formula is C11H21N3O2. The molecule has 1 aliphatic heterocycles. The zero-order chi connectivity index (χ0) is 12.3. The van der Waals surface area contributed by atoms with Gasteiger partial charge in [-0.25, -0.2) is 4.79 Å². The third-order valence-electron chi connectivity index (χ3n) is 2.73. The van der Waals surface area contributed by atoms with Crippen LogP contribution in [0.25, 0.3) is 0 Å². The molecule has 1 heterocycles. The summed E-state index contributed by atoms with van der Waals surface area (Å²) >= 11 is 0. The molecule has 16 heavy (non-hydrogen) atoms. The molecule has 2 amide bonds. The van der Waals surface area contributed by atoms with Crippen molar-refractivity contribution in [3.8, 4) is 0 Å². The highest BCUT2D eigenvalue weighted by Crippen LogP contribution is 2.24. The zero-order valence-corrected chi connectivity index (χ0v) is 10.5. The SMILES string of the molecule is CCOCC1(C)C(N)=NC(=O)N1CC(C)C. The number of carbonyl (C=O) groups excluding carboxylic acids is 1. The fourth-order valence-corrected chi connectivity index (χ4v) is 1.73. The van der Waals surface area contributed by atoms with Gasteiger partial charge in [-0.15, -0.1) is 0 Å². The van der Waals surface area contributed by atoms with Gasteiger partial charge in [-0.1, -0.05) is 13.8 Å². The molecule has 5 heteroatoms.